The van der Waals surface area contributed by atoms with Gasteiger partial charge < -0.3 is 15.0 Å². The maximum absolute atomic E-state index is 12.5. The first-order valence-corrected chi connectivity index (χ1v) is 9.84. The van der Waals surface area contributed by atoms with Gasteiger partial charge in [0, 0.05) is 24.1 Å². The molecule has 6 heteroatoms. The second kappa shape index (κ2) is 8.17. The van der Waals surface area contributed by atoms with Crippen molar-refractivity contribution in [3.63, 3.8) is 0 Å². The highest BCUT2D eigenvalue weighted by Gasteiger charge is 2.35. The number of rotatable bonds is 3. The summed E-state index contributed by atoms with van der Waals surface area (Å²) in [6, 6.07) is 8.11. The van der Waals surface area contributed by atoms with Crippen LogP contribution < -0.4 is 10.2 Å². The number of alkyl carbamates (subject to hydrolysis) is 1. The van der Waals surface area contributed by atoms with E-state index < -0.39 is 5.60 Å². The number of piperidine rings is 1. The summed E-state index contributed by atoms with van der Waals surface area (Å²) in [7, 11) is 0. The van der Waals surface area contributed by atoms with Gasteiger partial charge >= 0.3 is 6.09 Å². The summed E-state index contributed by atoms with van der Waals surface area (Å²) >= 11 is 0. The third kappa shape index (κ3) is 5.00. The average molecular weight is 383 g/mol. The maximum Gasteiger partial charge on any atom is 0.407 e. The number of aryl methyl sites for hydroxylation is 2. The fraction of sp³-hybridized carbons (Fsp3) is 0.500. The molecule has 0 saturated carbocycles. The van der Waals surface area contributed by atoms with E-state index in [0.717, 1.165) is 42.0 Å². The second-order valence-corrected chi connectivity index (χ2v) is 8.42. The van der Waals surface area contributed by atoms with E-state index in [1.165, 1.54) is 0 Å². The molecule has 1 aliphatic heterocycles. The zero-order valence-electron chi connectivity index (χ0n) is 17.4. The fourth-order valence-corrected chi connectivity index (χ4v) is 3.59. The van der Waals surface area contributed by atoms with E-state index in [1.807, 2.05) is 59.1 Å². The first-order valence-electron chi connectivity index (χ1n) is 9.84. The number of hydrogen-bond acceptors (Lipinski definition) is 5. The summed E-state index contributed by atoms with van der Waals surface area (Å²) in [4.78, 5) is 23.7. The third-order valence-electron chi connectivity index (χ3n) is 4.84. The molecule has 1 saturated heterocycles. The van der Waals surface area contributed by atoms with Crippen LogP contribution in [-0.4, -0.2) is 34.2 Å². The van der Waals surface area contributed by atoms with Crippen molar-refractivity contribution < 1.29 is 9.53 Å². The highest BCUT2D eigenvalue weighted by atomic mass is 16.6. The van der Waals surface area contributed by atoms with Crippen LogP contribution in [0.2, 0.25) is 0 Å². The van der Waals surface area contributed by atoms with Gasteiger partial charge in [0.15, 0.2) is 0 Å². The maximum atomic E-state index is 12.5. The minimum Gasteiger partial charge on any atom is -0.444 e. The van der Waals surface area contributed by atoms with E-state index in [2.05, 4.69) is 32.3 Å². The van der Waals surface area contributed by atoms with Crippen LogP contribution in [0, 0.1) is 13.8 Å². The number of nitrogens with one attached hydrogen (secondary N) is 1. The van der Waals surface area contributed by atoms with Crippen molar-refractivity contribution in [3.05, 3.63) is 53.6 Å². The quantitative estimate of drug-likeness (QED) is 0.856. The van der Waals surface area contributed by atoms with Crippen molar-refractivity contribution in [2.75, 3.05) is 11.4 Å². The number of anilines is 1. The Balaban J connectivity index is 1.91. The van der Waals surface area contributed by atoms with E-state index >= 15 is 0 Å². The molecule has 2 atom stereocenters. The molecule has 150 valence electrons. The monoisotopic (exact) mass is 382 g/mol. The molecule has 1 unspecified atom stereocenters. The summed E-state index contributed by atoms with van der Waals surface area (Å²) in [5.74, 6) is 0. The molecule has 6 nitrogen and oxygen atoms in total. The molecule has 0 radical (unpaired) electrons. The molecule has 1 fully saturated rings. The molecular formula is C22H30N4O2. The minimum atomic E-state index is -0.528. The van der Waals surface area contributed by atoms with Gasteiger partial charge in [-0.15, -0.1) is 0 Å². The molecule has 0 aromatic carbocycles. The Morgan fingerprint density at radius 1 is 1.11 bits per heavy atom. The largest absolute Gasteiger partial charge is 0.444 e. The Bertz CT molecular complexity index is 797. The van der Waals surface area contributed by atoms with E-state index in [9.17, 15) is 4.79 Å². The van der Waals surface area contributed by atoms with Gasteiger partial charge in [-0.1, -0.05) is 6.07 Å². The molecule has 1 aliphatic rings. The molecule has 2 aromatic rings. The van der Waals surface area contributed by atoms with Crippen molar-refractivity contribution in [1.82, 2.24) is 15.3 Å². The summed E-state index contributed by atoms with van der Waals surface area (Å²) in [5.41, 5.74) is 3.55. The van der Waals surface area contributed by atoms with Crippen LogP contribution >= 0.6 is 0 Å². The molecule has 0 aliphatic carbocycles. The van der Waals surface area contributed by atoms with Crippen molar-refractivity contribution in [1.29, 1.82) is 0 Å². The van der Waals surface area contributed by atoms with E-state index in [4.69, 9.17) is 4.74 Å². The first-order chi connectivity index (χ1) is 13.2. The van der Waals surface area contributed by atoms with E-state index in [1.54, 1.807) is 0 Å². The number of carbonyl (C=O) groups excluding carboxylic acids is 1. The van der Waals surface area contributed by atoms with Crippen molar-refractivity contribution in [2.24, 2.45) is 0 Å². The lowest BCUT2D eigenvalue weighted by Gasteiger charge is -2.43. The Morgan fingerprint density at radius 3 is 2.36 bits per heavy atom. The summed E-state index contributed by atoms with van der Waals surface area (Å²) < 4.78 is 5.50. The number of carbonyl (C=O) groups is 1. The zero-order valence-corrected chi connectivity index (χ0v) is 17.4. The highest BCUT2D eigenvalue weighted by molar-refractivity contribution is 5.68. The van der Waals surface area contributed by atoms with E-state index in [0.29, 0.717) is 0 Å². The van der Waals surface area contributed by atoms with Crippen LogP contribution in [0.25, 0.3) is 0 Å². The topological polar surface area (TPSA) is 67.3 Å². The Morgan fingerprint density at radius 2 is 1.79 bits per heavy atom. The second-order valence-electron chi connectivity index (χ2n) is 8.42. The van der Waals surface area contributed by atoms with Crippen molar-refractivity contribution >= 4 is 11.8 Å². The standard InChI is InChI=1S/C22H30N4O2/c1-15-8-10-17(13-23-15)20-19(25-21(27)28-22(3,4)5)7-6-12-26(20)18-11-9-16(2)24-14-18/h8-11,13-14,19-20H,6-7,12H2,1-5H3,(H,25,27)/t19-,20?/m0/s1. The normalized spacial score (nSPS) is 20.0. The molecule has 0 spiro atoms. The Labute approximate surface area is 167 Å². The Kier molecular flexibility index (Phi) is 5.87. The van der Waals surface area contributed by atoms with Crippen LogP contribution in [0.1, 0.15) is 56.6 Å². The zero-order chi connectivity index (χ0) is 20.3. The molecule has 0 bridgehead atoms. The van der Waals surface area contributed by atoms with Gasteiger partial charge in [0.05, 0.1) is 24.0 Å². The predicted molar refractivity (Wildman–Crippen MR) is 110 cm³/mol. The van der Waals surface area contributed by atoms with Gasteiger partial charge in [-0.05, 0) is 71.2 Å². The molecule has 1 amide bonds. The molecule has 3 heterocycles. The molecule has 1 N–H and O–H groups in total. The van der Waals surface area contributed by atoms with Gasteiger partial charge in [0.1, 0.15) is 5.60 Å². The first kappa shape index (κ1) is 20.1. The highest BCUT2D eigenvalue weighted by Crippen LogP contribution is 2.35. The van der Waals surface area contributed by atoms with Crippen LogP contribution in [0.15, 0.2) is 36.7 Å². The number of hydrogen-bond donors (Lipinski definition) is 1. The number of pyridine rings is 2. The lowest BCUT2D eigenvalue weighted by atomic mass is 9.90. The van der Waals surface area contributed by atoms with Gasteiger partial charge in [0.2, 0.25) is 0 Å². The van der Waals surface area contributed by atoms with Crippen molar-refractivity contribution in [2.45, 2.75) is 65.1 Å². The summed E-state index contributed by atoms with van der Waals surface area (Å²) in [5, 5.41) is 3.10. The van der Waals surface area contributed by atoms with Crippen molar-refractivity contribution in [3.8, 4) is 0 Å². The molecular weight excluding hydrogens is 352 g/mol. The van der Waals surface area contributed by atoms with Crippen LogP contribution in [0.4, 0.5) is 10.5 Å². The lowest BCUT2D eigenvalue weighted by Crippen LogP contribution is -2.51. The number of amides is 1. The summed E-state index contributed by atoms with van der Waals surface area (Å²) in [6.07, 6.45) is 5.28. The third-order valence-corrected chi connectivity index (χ3v) is 4.84. The van der Waals surface area contributed by atoms with Crippen LogP contribution in [0.5, 0.6) is 0 Å². The van der Waals surface area contributed by atoms with Gasteiger partial charge in [-0.2, -0.15) is 0 Å². The smallest absolute Gasteiger partial charge is 0.407 e. The average Bonchev–Trinajstić information content (AvgIpc) is 2.61. The minimum absolute atomic E-state index is 0.0288. The SMILES string of the molecule is Cc1ccc(C2[C@@H](NC(=O)OC(C)(C)C)CCCN2c2ccc(C)nc2)cn1. The Hall–Kier alpha value is -2.63. The van der Waals surface area contributed by atoms with E-state index in [-0.39, 0.29) is 18.2 Å². The molecule has 3 rings (SSSR count). The molecule has 2 aromatic heterocycles. The van der Waals surface area contributed by atoms with Gasteiger partial charge in [-0.3, -0.25) is 9.97 Å². The van der Waals surface area contributed by atoms with Crippen LogP contribution in [-0.2, 0) is 4.74 Å². The summed E-state index contributed by atoms with van der Waals surface area (Å²) in [6.45, 7) is 10.5. The number of ether oxygens (including phenoxy) is 1. The van der Waals surface area contributed by atoms with Gasteiger partial charge in [0.25, 0.3) is 0 Å². The molecule has 28 heavy (non-hydrogen) atoms. The predicted octanol–water partition coefficient (Wildman–Crippen LogP) is 4.33. The van der Waals surface area contributed by atoms with Gasteiger partial charge in [-0.25, -0.2) is 4.79 Å². The number of aromatic nitrogens is 2. The fourth-order valence-electron chi connectivity index (χ4n) is 3.59. The number of nitrogens with zero attached hydrogens (tertiary/aromatic N) is 3. The van der Waals surface area contributed by atoms with Crippen LogP contribution in [0.3, 0.4) is 0 Å². The lowest BCUT2D eigenvalue weighted by molar-refractivity contribution is 0.0487.